The predicted octanol–water partition coefficient (Wildman–Crippen LogP) is 0.728. The Morgan fingerprint density at radius 1 is 1.24 bits per heavy atom. The van der Waals surface area contributed by atoms with Gasteiger partial charge in [-0.25, -0.2) is 4.79 Å². The Morgan fingerprint density at radius 2 is 1.96 bits per heavy atom. The van der Waals surface area contributed by atoms with Crippen molar-refractivity contribution >= 4 is 17.8 Å². The summed E-state index contributed by atoms with van der Waals surface area (Å²) in [5.74, 6) is -0.966. The number of aliphatic carboxylic acids is 1. The Bertz CT molecular complexity index is 690. The summed E-state index contributed by atoms with van der Waals surface area (Å²) in [6.45, 7) is 1.66. The van der Waals surface area contributed by atoms with Crippen LogP contribution in [-0.2, 0) is 9.59 Å². The van der Waals surface area contributed by atoms with Crippen LogP contribution in [0.4, 0.5) is 0 Å². The summed E-state index contributed by atoms with van der Waals surface area (Å²) in [7, 11) is 0. The van der Waals surface area contributed by atoms with Crippen molar-refractivity contribution in [1.29, 1.82) is 0 Å². The molecule has 1 saturated carbocycles. The number of likely N-dealkylation sites (tertiary alicyclic amines) is 2. The van der Waals surface area contributed by atoms with E-state index in [1.54, 1.807) is 22.1 Å². The topological polar surface area (TPSA) is 107 Å². The molecule has 2 saturated heterocycles. The second kappa shape index (κ2) is 5.86. The highest BCUT2D eigenvalue weighted by Gasteiger charge is 2.52. The molecule has 8 heteroatoms. The Labute approximate surface area is 145 Å². The van der Waals surface area contributed by atoms with Gasteiger partial charge in [0.1, 0.15) is 11.7 Å². The zero-order valence-corrected chi connectivity index (χ0v) is 14.0. The molecule has 0 radical (unpaired) electrons. The minimum absolute atomic E-state index is 0.000223. The van der Waals surface area contributed by atoms with Gasteiger partial charge in [-0.1, -0.05) is 0 Å². The standard InChI is InChI=1S/C17H22N4O4/c22-14(11-1-2-11)21-10-17(9-13(21)16(24)25)4-7-20(8-5-17)15(23)12-3-6-18-19-12/h3,6,11,13H,1-2,4-5,7-10H2,(H,18,19)(H,24,25). The zero-order chi connectivity index (χ0) is 17.6. The summed E-state index contributed by atoms with van der Waals surface area (Å²) in [6, 6.07) is 0.932. The van der Waals surface area contributed by atoms with Crippen LogP contribution in [-0.4, -0.2) is 68.6 Å². The highest BCUT2D eigenvalue weighted by atomic mass is 16.4. The lowest BCUT2D eigenvalue weighted by Crippen LogP contribution is -2.45. The quantitative estimate of drug-likeness (QED) is 0.839. The second-order valence-electron chi connectivity index (χ2n) is 7.56. The number of amides is 2. The van der Waals surface area contributed by atoms with E-state index in [1.807, 2.05) is 0 Å². The highest BCUT2D eigenvalue weighted by Crippen LogP contribution is 2.45. The van der Waals surface area contributed by atoms with Gasteiger partial charge in [0.15, 0.2) is 0 Å². The number of hydrogen-bond donors (Lipinski definition) is 2. The molecule has 134 valence electrons. The molecule has 1 aromatic heterocycles. The minimum atomic E-state index is -0.915. The van der Waals surface area contributed by atoms with Crippen LogP contribution in [0.2, 0.25) is 0 Å². The molecule has 2 aliphatic heterocycles. The lowest BCUT2D eigenvalue weighted by molar-refractivity contribution is -0.148. The molecule has 0 aromatic carbocycles. The van der Waals surface area contributed by atoms with E-state index in [9.17, 15) is 19.5 Å². The van der Waals surface area contributed by atoms with E-state index in [-0.39, 0.29) is 23.1 Å². The fraction of sp³-hybridized carbons (Fsp3) is 0.647. The highest BCUT2D eigenvalue weighted by molar-refractivity contribution is 5.92. The van der Waals surface area contributed by atoms with Crippen molar-refractivity contribution in [1.82, 2.24) is 20.0 Å². The number of aromatic amines is 1. The maximum atomic E-state index is 12.5. The first-order valence-electron chi connectivity index (χ1n) is 8.81. The molecule has 2 amide bonds. The Morgan fingerprint density at radius 3 is 2.52 bits per heavy atom. The van der Waals surface area contributed by atoms with E-state index >= 15 is 0 Å². The van der Waals surface area contributed by atoms with Gasteiger partial charge in [-0.05, 0) is 43.6 Å². The summed E-state index contributed by atoms with van der Waals surface area (Å²) < 4.78 is 0. The third-order valence-corrected chi connectivity index (χ3v) is 5.85. The molecule has 3 heterocycles. The van der Waals surface area contributed by atoms with Crippen molar-refractivity contribution in [2.45, 2.75) is 38.1 Å². The summed E-state index contributed by atoms with van der Waals surface area (Å²) in [4.78, 5) is 39.9. The Balaban J connectivity index is 1.44. The molecule has 1 unspecified atom stereocenters. The van der Waals surface area contributed by atoms with E-state index in [0.717, 1.165) is 25.7 Å². The smallest absolute Gasteiger partial charge is 0.326 e. The summed E-state index contributed by atoms with van der Waals surface area (Å²) in [6.07, 6.45) is 5.25. The van der Waals surface area contributed by atoms with Crippen LogP contribution >= 0.6 is 0 Å². The van der Waals surface area contributed by atoms with Gasteiger partial charge >= 0.3 is 5.97 Å². The van der Waals surface area contributed by atoms with Crippen molar-refractivity contribution in [2.75, 3.05) is 19.6 Å². The number of nitrogens with zero attached hydrogens (tertiary/aromatic N) is 3. The molecule has 25 heavy (non-hydrogen) atoms. The maximum Gasteiger partial charge on any atom is 0.326 e. The molecule has 4 rings (SSSR count). The molecule has 1 atom stereocenters. The summed E-state index contributed by atoms with van der Waals surface area (Å²) in [5, 5.41) is 16.0. The number of carbonyl (C=O) groups excluding carboxylic acids is 2. The molecule has 0 bridgehead atoms. The van der Waals surface area contributed by atoms with E-state index in [0.29, 0.717) is 31.7 Å². The normalized spacial score (nSPS) is 25.4. The van der Waals surface area contributed by atoms with Crippen LogP contribution in [0.5, 0.6) is 0 Å². The Kier molecular flexibility index (Phi) is 3.77. The number of carboxylic acids is 1. The van der Waals surface area contributed by atoms with Gasteiger partial charge in [0.25, 0.3) is 5.91 Å². The minimum Gasteiger partial charge on any atom is -0.480 e. The first-order valence-corrected chi connectivity index (χ1v) is 8.81. The van der Waals surface area contributed by atoms with E-state index in [1.165, 1.54) is 0 Å². The molecule has 3 aliphatic rings. The monoisotopic (exact) mass is 346 g/mol. The molecule has 2 N–H and O–H groups in total. The van der Waals surface area contributed by atoms with E-state index < -0.39 is 12.0 Å². The molecular weight excluding hydrogens is 324 g/mol. The van der Waals surface area contributed by atoms with Crippen LogP contribution < -0.4 is 0 Å². The van der Waals surface area contributed by atoms with E-state index in [2.05, 4.69) is 10.2 Å². The lowest BCUT2D eigenvalue weighted by Gasteiger charge is -2.39. The number of hydrogen-bond acceptors (Lipinski definition) is 4. The average molecular weight is 346 g/mol. The molecule has 1 spiro atoms. The van der Waals surface area contributed by atoms with Gasteiger partial charge in [0.05, 0.1) is 0 Å². The number of carbonyl (C=O) groups is 3. The third-order valence-electron chi connectivity index (χ3n) is 5.85. The van der Waals surface area contributed by atoms with Crippen LogP contribution in [0.25, 0.3) is 0 Å². The van der Waals surface area contributed by atoms with Gasteiger partial charge in [0, 0.05) is 31.7 Å². The summed E-state index contributed by atoms with van der Waals surface area (Å²) in [5.41, 5.74) is 0.287. The Hall–Kier alpha value is -2.38. The number of carboxylic acid groups (broad SMARTS) is 1. The maximum absolute atomic E-state index is 12.5. The molecule has 3 fully saturated rings. The zero-order valence-electron chi connectivity index (χ0n) is 14.0. The van der Waals surface area contributed by atoms with Crippen molar-refractivity contribution in [3.8, 4) is 0 Å². The van der Waals surface area contributed by atoms with Crippen LogP contribution in [0.15, 0.2) is 12.3 Å². The fourth-order valence-electron chi connectivity index (χ4n) is 4.17. The second-order valence-corrected chi connectivity index (χ2v) is 7.56. The van der Waals surface area contributed by atoms with Crippen molar-refractivity contribution in [2.24, 2.45) is 11.3 Å². The SMILES string of the molecule is O=C(O)C1CC2(CCN(C(=O)c3ccn[nH]3)CC2)CN1C(=O)C1CC1. The number of H-pyrrole nitrogens is 1. The molecule has 1 aliphatic carbocycles. The largest absolute Gasteiger partial charge is 0.480 e. The first-order chi connectivity index (χ1) is 12.0. The molecule has 8 nitrogen and oxygen atoms in total. The van der Waals surface area contributed by atoms with Crippen molar-refractivity contribution in [3.05, 3.63) is 18.0 Å². The number of nitrogens with one attached hydrogen (secondary N) is 1. The third kappa shape index (κ3) is 2.89. The lowest BCUT2D eigenvalue weighted by atomic mass is 9.76. The van der Waals surface area contributed by atoms with E-state index in [4.69, 9.17) is 0 Å². The van der Waals surface area contributed by atoms with Crippen molar-refractivity contribution < 1.29 is 19.5 Å². The van der Waals surface area contributed by atoms with Gasteiger partial charge in [-0.2, -0.15) is 5.10 Å². The number of aromatic nitrogens is 2. The van der Waals surface area contributed by atoms with Gasteiger partial charge in [-0.15, -0.1) is 0 Å². The van der Waals surface area contributed by atoms with Gasteiger partial charge in [-0.3, -0.25) is 14.7 Å². The van der Waals surface area contributed by atoms with Gasteiger partial charge in [0.2, 0.25) is 5.91 Å². The molecular formula is C17H22N4O4. The van der Waals surface area contributed by atoms with Crippen molar-refractivity contribution in [3.63, 3.8) is 0 Å². The fourth-order valence-corrected chi connectivity index (χ4v) is 4.17. The van der Waals surface area contributed by atoms with Crippen LogP contribution in [0.1, 0.15) is 42.6 Å². The summed E-state index contributed by atoms with van der Waals surface area (Å²) >= 11 is 0. The first kappa shape index (κ1) is 16.1. The van der Waals surface area contributed by atoms with Crippen LogP contribution in [0, 0.1) is 11.3 Å². The average Bonchev–Trinajstić information content (AvgIpc) is 3.17. The van der Waals surface area contributed by atoms with Gasteiger partial charge < -0.3 is 14.9 Å². The van der Waals surface area contributed by atoms with Crippen LogP contribution in [0.3, 0.4) is 0 Å². The number of rotatable bonds is 3. The molecule has 1 aromatic rings. The number of piperidine rings is 1. The predicted molar refractivity (Wildman–Crippen MR) is 86.6 cm³/mol.